The summed E-state index contributed by atoms with van der Waals surface area (Å²) in [6, 6.07) is 31.4. The number of aliphatic imine (C=N–C) groups is 1. The summed E-state index contributed by atoms with van der Waals surface area (Å²) < 4.78 is 38.2. The fraction of sp³-hybridized carbons (Fsp3) is 0.350. The van der Waals surface area contributed by atoms with Gasteiger partial charge in [-0.3, -0.25) is 14.6 Å². The number of alkyl halides is 3. The number of nitrogens with one attached hydrogen (secondary N) is 2. The molecule has 1 fully saturated rings. The number of fused-ring (bicyclic) bond motifs is 2. The Labute approximate surface area is 311 Å². The van der Waals surface area contributed by atoms with E-state index in [0.29, 0.717) is 45.5 Å². The molecule has 1 saturated heterocycles. The molecule has 2 amide bonds. The number of likely N-dealkylation sites (tertiary alicyclic amines) is 1. The van der Waals surface area contributed by atoms with Crippen molar-refractivity contribution in [1.82, 2.24) is 15.5 Å². The lowest BCUT2D eigenvalue weighted by atomic mass is 9.95. The number of rotatable bonds is 12. The molecule has 286 valence electrons. The van der Waals surface area contributed by atoms with Gasteiger partial charge >= 0.3 is 12.1 Å². The molecule has 2 aliphatic rings. The number of carbonyl (C=O) groups is 3. The van der Waals surface area contributed by atoms with E-state index >= 15 is 0 Å². The van der Waals surface area contributed by atoms with Gasteiger partial charge in [-0.15, -0.1) is 0 Å². The Balaban J connectivity index is 0.000000730. The van der Waals surface area contributed by atoms with Crippen molar-refractivity contribution in [3.05, 3.63) is 119 Å². The SMILES string of the molecule is NC(N)=NCCC[C@@H]1C[C@@H](OCc2ccc3ccccc3c2)CN1C(=O)[C@@H](Cc1ccccc1)NC(=O)[C@@H]1Cc2ccccc2CN1.O=C(O)C(F)(F)F. The largest absolute Gasteiger partial charge is 0.490 e. The zero-order chi connectivity index (χ0) is 38.7. The Kier molecular flexibility index (Phi) is 13.6. The number of benzene rings is 4. The van der Waals surface area contributed by atoms with E-state index in [9.17, 15) is 22.8 Å². The van der Waals surface area contributed by atoms with E-state index in [1.807, 2.05) is 59.5 Å². The molecule has 2 aliphatic heterocycles. The van der Waals surface area contributed by atoms with Gasteiger partial charge in [-0.2, -0.15) is 13.2 Å². The van der Waals surface area contributed by atoms with Crippen LogP contribution in [0.2, 0.25) is 0 Å². The zero-order valence-electron chi connectivity index (χ0n) is 29.7. The van der Waals surface area contributed by atoms with E-state index in [4.69, 9.17) is 26.1 Å². The van der Waals surface area contributed by atoms with Gasteiger partial charge < -0.3 is 36.8 Å². The summed E-state index contributed by atoms with van der Waals surface area (Å²) in [4.78, 5) is 43.1. The summed E-state index contributed by atoms with van der Waals surface area (Å²) in [6.45, 7) is 2.01. The number of carbonyl (C=O) groups excluding carboxylic acids is 2. The summed E-state index contributed by atoms with van der Waals surface area (Å²) in [5, 5.41) is 16.0. The van der Waals surface area contributed by atoms with Gasteiger partial charge in [-0.1, -0.05) is 91.0 Å². The molecule has 4 aromatic rings. The van der Waals surface area contributed by atoms with Gasteiger partial charge in [0, 0.05) is 32.1 Å². The molecule has 0 aliphatic carbocycles. The van der Waals surface area contributed by atoms with E-state index in [1.54, 1.807) is 0 Å². The number of nitrogens with zero attached hydrogens (tertiary/aromatic N) is 2. The molecule has 2 heterocycles. The van der Waals surface area contributed by atoms with E-state index in [2.05, 4.69) is 58.1 Å². The summed E-state index contributed by atoms with van der Waals surface area (Å²) in [5.41, 5.74) is 15.6. The van der Waals surface area contributed by atoms with Gasteiger partial charge in [0.15, 0.2) is 5.96 Å². The maximum absolute atomic E-state index is 14.5. The topological polar surface area (TPSA) is 172 Å². The lowest BCUT2D eigenvalue weighted by Gasteiger charge is -2.31. The van der Waals surface area contributed by atoms with Gasteiger partial charge in [-0.05, 0) is 64.8 Å². The van der Waals surface area contributed by atoms with Crippen LogP contribution in [0.25, 0.3) is 10.8 Å². The predicted octanol–water partition coefficient (Wildman–Crippen LogP) is 4.45. The van der Waals surface area contributed by atoms with Gasteiger partial charge in [0.1, 0.15) is 6.04 Å². The lowest BCUT2D eigenvalue weighted by molar-refractivity contribution is -0.192. The number of amides is 2. The fourth-order valence-corrected chi connectivity index (χ4v) is 6.78. The number of halogens is 3. The van der Waals surface area contributed by atoms with Crippen LogP contribution < -0.4 is 22.1 Å². The summed E-state index contributed by atoms with van der Waals surface area (Å²) in [5.74, 6) is -2.96. The van der Waals surface area contributed by atoms with Gasteiger partial charge in [0.2, 0.25) is 11.8 Å². The lowest BCUT2D eigenvalue weighted by Crippen LogP contribution is -2.56. The first-order valence-corrected chi connectivity index (χ1v) is 17.8. The maximum atomic E-state index is 14.5. The second kappa shape index (κ2) is 18.5. The maximum Gasteiger partial charge on any atom is 0.490 e. The van der Waals surface area contributed by atoms with Gasteiger partial charge in [-0.25, -0.2) is 4.79 Å². The number of aliphatic carboxylic acids is 1. The molecule has 0 unspecified atom stereocenters. The van der Waals surface area contributed by atoms with Crippen LogP contribution >= 0.6 is 0 Å². The van der Waals surface area contributed by atoms with Crippen LogP contribution in [0, 0.1) is 0 Å². The first kappa shape index (κ1) is 39.7. The van der Waals surface area contributed by atoms with Gasteiger partial charge in [0.05, 0.1) is 18.8 Å². The summed E-state index contributed by atoms with van der Waals surface area (Å²) in [6.07, 6.45) is -2.09. The minimum absolute atomic E-state index is 0.0607. The highest BCUT2D eigenvalue weighted by molar-refractivity contribution is 5.90. The summed E-state index contributed by atoms with van der Waals surface area (Å²) in [7, 11) is 0. The number of nitrogens with two attached hydrogens (primary N) is 2. The molecule has 54 heavy (non-hydrogen) atoms. The first-order chi connectivity index (χ1) is 25.9. The van der Waals surface area contributed by atoms with E-state index in [1.165, 1.54) is 16.3 Å². The van der Waals surface area contributed by atoms with Crippen molar-refractivity contribution >= 4 is 34.5 Å². The van der Waals surface area contributed by atoms with Crippen LogP contribution in [0.1, 0.15) is 41.5 Å². The minimum atomic E-state index is -5.08. The molecular formula is C40H45F3N6O5. The number of ether oxygens (including phenoxy) is 1. The van der Waals surface area contributed by atoms with Crippen LogP contribution in [-0.2, 0) is 45.1 Å². The zero-order valence-corrected chi connectivity index (χ0v) is 29.7. The molecule has 11 nitrogen and oxygen atoms in total. The summed E-state index contributed by atoms with van der Waals surface area (Å²) >= 11 is 0. The molecule has 0 saturated carbocycles. The molecule has 4 aromatic carbocycles. The highest BCUT2D eigenvalue weighted by atomic mass is 19.4. The second-order valence-electron chi connectivity index (χ2n) is 13.4. The molecular weight excluding hydrogens is 701 g/mol. The Morgan fingerprint density at radius 3 is 2.30 bits per heavy atom. The van der Waals surface area contributed by atoms with E-state index < -0.39 is 24.2 Å². The third kappa shape index (κ3) is 11.3. The van der Waals surface area contributed by atoms with Crippen molar-refractivity contribution < 1.29 is 37.4 Å². The molecule has 7 N–H and O–H groups in total. The first-order valence-electron chi connectivity index (χ1n) is 17.8. The Bertz CT molecular complexity index is 1920. The average molecular weight is 747 g/mol. The van der Waals surface area contributed by atoms with Crippen LogP contribution in [0.15, 0.2) is 102 Å². The van der Waals surface area contributed by atoms with Crippen molar-refractivity contribution in [2.24, 2.45) is 16.5 Å². The smallest absolute Gasteiger partial charge is 0.475 e. The van der Waals surface area contributed by atoms with Crippen molar-refractivity contribution in [2.45, 2.75) is 75.7 Å². The molecule has 6 rings (SSSR count). The van der Waals surface area contributed by atoms with Crippen LogP contribution in [0.5, 0.6) is 0 Å². The number of carboxylic acid groups (broad SMARTS) is 1. The van der Waals surface area contributed by atoms with Crippen LogP contribution in [0.4, 0.5) is 13.2 Å². The molecule has 4 atom stereocenters. The van der Waals surface area contributed by atoms with Gasteiger partial charge in [0.25, 0.3) is 0 Å². The number of hydrogen-bond donors (Lipinski definition) is 5. The van der Waals surface area contributed by atoms with E-state index in [-0.39, 0.29) is 29.9 Å². The van der Waals surface area contributed by atoms with Crippen LogP contribution in [-0.4, -0.2) is 77.2 Å². The van der Waals surface area contributed by atoms with Crippen molar-refractivity contribution in [3.63, 3.8) is 0 Å². The molecule has 0 bridgehead atoms. The van der Waals surface area contributed by atoms with Crippen LogP contribution in [0.3, 0.4) is 0 Å². The Morgan fingerprint density at radius 1 is 0.926 bits per heavy atom. The Morgan fingerprint density at radius 2 is 1.59 bits per heavy atom. The predicted molar refractivity (Wildman–Crippen MR) is 199 cm³/mol. The average Bonchev–Trinajstić information content (AvgIpc) is 3.57. The standard InChI is InChI=1S/C38H44N6O3.C2HF3O2/c39-38(40)41-18-8-15-32-22-33(47-25-27-16-17-28-11-4-5-12-29(28)19-27)24-44(32)37(46)35(20-26-9-2-1-3-10-26)43-36(45)34-21-30-13-6-7-14-31(30)23-42-34;3-2(4,5)1(6)7/h1-7,9-14,16-17,19,32-35,42H,8,15,18,20-25H2,(H,43,45)(H4,39,40,41);(H,6,7)/t32-,33-,34+,35-;/m1./s1. The minimum Gasteiger partial charge on any atom is -0.475 e. The third-order valence-corrected chi connectivity index (χ3v) is 9.49. The molecule has 0 spiro atoms. The van der Waals surface area contributed by atoms with Crippen molar-refractivity contribution in [3.8, 4) is 0 Å². The number of carboxylic acids is 1. The molecule has 0 radical (unpaired) electrons. The molecule has 0 aromatic heterocycles. The quantitative estimate of drug-likeness (QED) is 0.0804. The number of hydrogen-bond acceptors (Lipinski definition) is 6. The van der Waals surface area contributed by atoms with E-state index in [0.717, 1.165) is 29.5 Å². The number of guanidine groups is 1. The Hall–Kier alpha value is -5.47. The monoisotopic (exact) mass is 746 g/mol. The van der Waals surface area contributed by atoms with Crippen molar-refractivity contribution in [2.75, 3.05) is 13.1 Å². The highest BCUT2D eigenvalue weighted by Crippen LogP contribution is 2.27. The fourth-order valence-electron chi connectivity index (χ4n) is 6.78. The normalized spacial score (nSPS) is 18.5. The highest BCUT2D eigenvalue weighted by Gasteiger charge is 2.40. The third-order valence-electron chi connectivity index (χ3n) is 9.49. The van der Waals surface area contributed by atoms with Crippen molar-refractivity contribution in [1.29, 1.82) is 0 Å². The second-order valence-corrected chi connectivity index (χ2v) is 13.4. The molecule has 14 heteroatoms.